The third kappa shape index (κ3) is 6.06. The predicted octanol–water partition coefficient (Wildman–Crippen LogP) is 3.32. The van der Waals surface area contributed by atoms with Gasteiger partial charge in [0, 0.05) is 6.04 Å². The summed E-state index contributed by atoms with van der Waals surface area (Å²) in [6.45, 7) is 0. The average molecular weight is 241 g/mol. The quantitative estimate of drug-likeness (QED) is 0.740. The van der Waals surface area contributed by atoms with E-state index in [1.165, 1.54) is 38.5 Å². The van der Waals surface area contributed by atoms with Crippen molar-refractivity contribution in [2.45, 2.75) is 76.7 Å². The second kappa shape index (κ2) is 8.51. The minimum absolute atomic E-state index is 0.145. The van der Waals surface area contributed by atoms with E-state index in [0.717, 1.165) is 32.1 Å². The van der Waals surface area contributed by atoms with Crippen LogP contribution in [-0.4, -0.2) is 17.1 Å². The lowest BCUT2D eigenvalue weighted by Gasteiger charge is -2.19. The van der Waals surface area contributed by atoms with Crippen LogP contribution in [0.25, 0.3) is 0 Å². The van der Waals surface area contributed by atoms with Gasteiger partial charge in [0.15, 0.2) is 0 Å². The summed E-state index contributed by atoms with van der Waals surface area (Å²) in [4.78, 5) is 11.2. The van der Waals surface area contributed by atoms with Crippen LogP contribution >= 0.6 is 0 Å². The highest BCUT2D eigenvalue weighted by Crippen LogP contribution is 2.20. The standard InChI is InChI=1S/C14H27NO2/c15-13-11-9-7-5-3-1-2-4-6-8-10-12(13)14(16)17/h12-13H,1-11,15H2,(H,16,17). The van der Waals surface area contributed by atoms with Gasteiger partial charge in [0.25, 0.3) is 0 Å². The molecule has 3 nitrogen and oxygen atoms in total. The van der Waals surface area contributed by atoms with Crippen LogP contribution in [0.2, 0.25) is 0 Å². The van der Waals surface area contributed by atoms with E-state index in [1.54, 1.807) is 0 Å². The van der Waals surface area contributed by atoms with Crippen LogP contribution < -0.4 is 5.73 Å². The Kier molecular flexibility index (Phi) is 7.25. The van der Waals surface area contributed by atoms with Crippen molar-refractivity contribution in [1.29, 1.82) is 0 Å². The van der Waals surface area contributed by atoms with Crippen molar-refractivity contribution >= 4 is 5.97 Å². The van der Waals surface area contributed by atoms with Gasteiger partial charge < -0.3 is 10.8 Å². The number of rotatable bonds is 1. The lowest BCUT2D eigenvalue weighted by atomic mass is 9.90. The van der Waals surface area contributed by atoms with Crippen LogP contribution in [-0.2, 0) is 4.79 Å². The van der Waals surface area contributed by atoms with E-state index in [9.17, 15) is 9.90 Å². The molecule has 2 unspecified atom stereocenters. The van der Waals surface area contributed by atoms with Crippen molar-refractivity contribution < 1.29 is 9.90 Å². The molecule has 0 bridgehead atoms. The van der Waals surface area contributed by atoms with E-state index in [-0.39, 0.29) is 12.0 Å². The molecule has 0 aliphatic heterocycles. The Morgan fingerprint density at radius 3 is 1.71 bits per heavy atom. The second-order valence-corrected chi connectivity index (χ2v) is 5.37. The number of carboxylic acids is 1. The van der Waals surface area contributed by atoms with E-state index < -0.39 is 5.97 Å². The van der Waals surface area contributed by atoms with E-state index in [1.807, 2.05) is 0 Å². The number of hydrogen-bond donors (Lipinski definition) is 2. The fourth-order valence-corrected chi connectivity index (χ4v) is 2.70. The van der Waals surface area contributed by atoms with Gasteiger partial charge in [-0.3, -0.25) is 4.79 Å². The molecule has 0 amide bonds. The summed E-state index contributed by atoms with van der Waals surface area (Å²) in [5, 5.41) is 9.19. The zero-order chi connectivity index (χ0) is 12.5. The van der Waals surface area contributed by atoms with Gasteiger partial charge in [-0.1, -0.05) is 57.8 Å². The summed E-state index contributed by atoms with van der Waals surface area (Å²) in [5.74, 6) is -1.02. The molecule has 0 heterocycles. The highest BCUT2D eigenvalue weighted by Gasteiger charge is 2.24. The summed E-state index contributed by atoms with van der Waals surface area (Å²) in [6.07, 6.45) is 12.6. The molecule has 0 saturated heterocycles. The van der Waals surface area contributed by atoms with Crippen LogP contribution in [0.3, 0.4) is 0 Å². The first-order chi connectivity index (χ1) is 8.22. The zero-order valence-electron chi connectivity index (χ0n) is 10.9. The highest BCUT2D eigenvalue weighted by atomic mass is 16.4. The third-order valence-corrected chi connectivity index (χ3v) is 3.89. The molecule has 0 radical (unpaired) electrons. The molecule has 0 aromatic rings. The van der Waals surface area contributed by atoms with Gasteiger partial charge in [-0.15, -0.1) is 0 Å². The number of nitrogens with two attached hydrogens (primary N) is 1. The molecule has 100 valence electrons. The summed E-state index contributed by atoms with van der Waals surface area (Å²) in [6, 6.07) is -0.145. The van der Waals surface area contributed by atoms with E-state index >= 15 is 0 Å². The SMILES string of the molecule is NC1CCCCCCCCCCCC1C(=O)O. The minimum atomic E-state index is -0.702. The summed E-state index contributed by atoms with van der Waals surface area (Å²) < 4.78 is 0. The summed E-state index contributed by atoms with van der Waals surface area (Å²) in [7, 11) is 0. The molecule has 17 heavy (non-hydrogen) atoms. The largest absolute Gasteiger partial charge is 0.481 e. The smallest absolute Gasteiger partial charge is 0.308 e. The molecule has 1 fully saturated rings. The molecule has 2 atom stereocenters. The minimum Gasteiger partial charge on any atom is -0.481 e. The Balaban J connectivity index is 2.42. The highest BCUT2D eigenvalue weighted by molar-refractivity contribution is 5.70. The van der Waals surface area contributed by atoms with E-state index in [2.05, 4.69) is 0 Å². The molecule has 1 rings (SSSR count). The Morgan fingerprint density at radius 1 is 0.824 bits per heavy atom. The zero-order valence-corrected chi connectivity index (χ0v) is 10.9. The van der Waals surface area contributed by atoms with Gasteiger partial charge >= 0.3 is 5.97 Å². The van der Waals surface area contributed by atoms with Gasteiger partial charge in [0.2, 0.25) is 0 Å². The van der Waals surface area contributed by atoms with Crippen molar-refractivity contribution in [1.82, 2.24) is 0 Å². The molecule has 3 N–H and O–H groups in total. The predicted molar refractivity (Wildman–Crippen MR) is 69.9 cm³/mol. The monoisotopic (exact) mass is 241 g/mol. The molecule has 1 saturated carbocycles. The second-order valence-electron chi connectivity index (χ2n) is 5.37. The average Bonchev–Trinajstić information content (AvgIpc) is 2.30. The van der Waals surface area contributed by atoms with Gasteiger partial charge in [-0.05, 0) is 12.8 Å². The first-order valence-corrected chi connectivity index (χ1v) is 7.20. The maximum atomic E-state index is 11.2. The van der Waals surface area contributed by atoms with Crippen LogP contribution in [0.4, 0.5) is 0 Å². The maximum Gasteiger partial charge on any atom is 0.308 e. The molecule has 3 heteroatoms. The van der Waals surface area contributed by atoms with Crippen LogP contribution in [0.5, 0.6) is 0 Å². The molecule has 0 aromatic carbocycles. The molecule has 1 aliphatic carbocycles. The van der Waals surface area contributed by atoms with Gasteiger partial charge in [-0.2, -0.15) is 0 Å². The van der Waals surface area contributed by atoms with Crippen LogP contribution in [0.15, 0.2) is 0 Å². The lowest BCUT2D eigenvalue weighted by molar-refractivity contribution is -0.142. The van der Waals surface area contributed by atoms with E-state index in [0.29, 0.717) is 0 Å². The molecular weight excluding hydrogens is 214 g/mol. The Bertz CT molecular complexity index is 218. The van der Waals surface area contributed by atoms with Gasteiger partial charge in [-0.25, -0.2) is 0 Å². The number of aliphatic carboxylic acids is 1. The first-order valence-electron chi connectivity index (χ1n) is 7.20. The first kappa shape index (κ1) is 14.5. The van der Waals surface area contributed by atoms with Crippen LogP contribution in [0.1, 0.15) is 70.6 Å². The number of carboxylic acid groups (broad SMARTS) is 1. The maximum absolute atomic E-state index is 11.2. The number of carbonyl (C=O) groups is 1. The Hall–Kier alpha value is -0.570. The molecule has 0 aromatic heterocycles. The van der Waals surface area contributed by atoms with Crippen molar-refractivity contribution in [3.05, 3.63) is 0 Å². The Morgan fingerprint density at radius 2 is 1.24 bits per heavy atom. The summed E-state index contributed by atoms with van der Waals surface area (Å²) in [5.41, 5.74) is 6.02. The lowest BCUT2D eigenvalue weighted by Crippen LogP contribution is -2.35. The van der Waals surface area contributed by atoms with Crippen molar-refractivity contribution in [3.63, 3.8) is 0 Å². The number of hydrogen-bond acceptors (Lipinski definition) is 2. The fraction of sp³-hybridized carbons (Fsp3) is 0.929. The summed E-state index contributed by atoms with van der Waals surface area (Å²) >= 11 is 0. The molecule has 1 aliphatic rings. The fourth-order valence-electron chi connectivity index (χ4n) is 2.70. The van der Waals surface area contributed by atoms with Crippen molar-refractivity contribution in [3.8, 4) is 0 Å². The van der Waals surface area contributed by atoms with Gasteiger partial charge in [0.1, 0.15) is 0 Å². The topological polar surface area (TPSA) is 63.3 Å². The Labute approximate surface area is 105 Å². The van der Waals surface area contributed by atoms with Crippen molar-refractivity contribution in [2.24, 2.45) is 11.7 Å². The molecular formula is C14H27NO2. The van der Waals surface area contributed by atoms with Crippen molar-refractivity contribution in [2.75, 3.05) is 0 Å². The third-order valence-electron chi connectivity index (χ3n) is 3.89. The van der Waals surface area contributed by atoms with E-state index in [4.69, 9.17) is 5.73 Å². The van der Waals surface area contributed by atoms with Crippen LogP contribution in [0, 0.1) is 5.92 Å². The normalized spacial score (nSPS) is 29.7. The van der Waals surface area contributed by atoms with Gasteiger partial charge in [0.05, 0.1) is 5.92 Å². The molecule has 0 spiro atoms.